The third kappa shape index (κ3) is 5.57. The third-order valence-corrected chi connectivity index (χ3v) is 5.60. The highest BCUT2D eigenvalue weighted by molar-refractivity contribution is 7.99. The van der Waals surface area contributed by atoms with Crippen molar-refractivity contribution in [3.8, 4) is 0 Å². The van der Waals surface area contributed by atoms with E-state index in [4.69, 9.17) is 10.5 Å². The maximum Gasteiger partial charge on any atom is 0.408 e. The lowest BCUT2D eigenvalue weighted by molar-refractivity contribution is -0.139. The first-order valence-corrected chi connectivity index (χ1v) is 10.7. The van der Waals surface area contributed by atoms with Crippen LogP contribution in [-0.4, -0.2) is 42.7 Å². The van der Waals surface area contributed by atoms with E-state index in [-0.39, 0.29) is 13.2 Å². The zero-order valence-corrected chi connectivity index (χ0v) is 18.1. The molecule has 0 bridgehead atoms. The van der Waals surface area contributed by atoms with E-state index >= 15 is 0 Å². The first-order valence-electron chi connectivity index (χ1n) is 9.89. The molecular formula is C22H20N6O4S. The molecule has 4 aromatic rings. The molecule has 0 saturated heterocycles. The predicted molar refractivity (Wildman–Crippen MR) is 121 cm³/mol. The Balaban J connectivity index is 1.47. The Morgan fingerprint density at radius 1 is 1.12 bits per heavy atom. The molecule has 4 rings (SSSR count). The lowest BCUT2D eigenvalue weighted by atomic mass is 10.2. The van der Waals surface area contributed by atoms with Crippen molar-refractivity contribution < 1.29 is 19.4 Å². The lowest BCUT2D eigenvalue weighted by Gasteiger charge is -2.15. The molecule has 0 fully saturated rings. The van der Waals surface area contributed by atoms with Gasteiger partial charge < -0.3 is 25.5 Å². The second-order valence-electron chi connectivity index (χ2n) is 7.02. The predicted octanol–water partition coefficient (Wildman–Crippen LogP) is 2.94. The van der Waals surface area contributed by atoms with Gasteiger partial charge >= 0.3 is 12.1 Å². The maximum atomic E-state index is 12.1. The summed E-state index contributed by atoms with van der Waals surface area (Å²) in [6.45, 7) is -0.0590. The number of hydrogen-bond donors (Lipinski definition) is 3. The van der Waals surface area contributed by atoms with Crippen LogP contribution in [0.5, 0.6) is 0 Å². The van der Waals surface area contributed by atoms with Gasteiger partial charge in [-0.25, -0.2) is 24.5 Å². The Hall–Kier alpha value is -4.12. The fourth-order valence-electron chi connectivity index (χ4n) is 3.05. The molecule has 0 aliphatic rings. The van der Waals surface area contributed by atoms with Crippen LogP contribution < -0.4 is 11.1 Å². The molecule has 2 aromatic carbocycles. The van der Waals surface area contributed by atoms with Crippen molar-refractivity contribution >= 4 is 40.7 Å². The van der Waals surface area contributed by atoms with Crippen molar-refractivity contribution in [3.05, 3.63) is 72.8 Å². The summed E-state index contributed by atoms with van der Waals surface area (Å²) in [5.41, 5.74) is 8.22. The van der Waals surface area contributed by atoms with E-state index in [9.17, 15) is 14.7 Å². The van der Waals surface area contributed by atoms with E-state index in [1.165, 1.54) is 24.4 Å². The van der Waals surface area contributed by atoms with E-state index < -0.39 is 18.1 Å². The average molecular weight is 465 g/mol. The number of nitrogens with two attached hydrogens (primary N) is 1. The highest BCUT2D eigenvalue weighted by Crippen LogP contribution is 2.31. The van der Waals surface area contributed by atoms with Crippen LogP contribution in [-0.2, 0) is 22.7 Å². The number of carboxylic acid groups (broad SMARTS) is 1. The standard InChI is InChI=1S/C22H20N6O4S/c23-15-7-4-8-16(9-15)33-20-18-19(24-12-25-20)28(13-26-18)10-17(21(29)30)27-22(31)32-11-14-5-2-1-3-6-14/h1-9,12-13,17H,10-11,23H2,(H,27,31)(H,29,30)/t17-/m0/s1. The van der Waals surface area contributed by atoms with E-state index in [0.29, 0.717) is 21.9 Å². The van der Waals surface area contributed by atoms with Crippen molar-refractivity contribution in [2.75, 3.05) is 5.73 Å². The Morgan fingerprint density at radius 3 is 2.70 bits per heavy atom. The number of imidazole rings is 1. The summed E-state index contributed by atoms with van der Waals surface area (Å²) in [5, 5.41) is 12.6. The van der Waals surface area contributed by atoms with Gasteiger partial charge in [0.15, 0.2) is 5.65 Å². The van der Waals surface area contributed by atoms with Gasteiger partial charge in [-0.3, -0.25) is 0 Å². The normalized spacial score (nSPS) is 11.8. The fourth-order valence-corrected chi connectivity index (χ4v) is 3.95. The van der Waals surface area contributed by atoms with Gasteiger partial charge in [0.1, 0.15) is 29.5 Å². The summed E-state index contributed by atoms with van der Waals surface area (Å²) >= 11 is 1.37. The zero-order valence-electron chi connectivity index (χ0n) is 17.3. The van der Waals surface area contributed by atoms with Crippen LogP contribution in [0.15, 0.2) is 77.2 Å². The minimum absolute atomic E-state index is 0.0326. The molecule has 0 aliphatic carbocycles. The molecule has 4 N–H and O–H groups in total. The minimum Gasteiger partial charge on any atom is -0.480 e. The van der Waals surface area contributed by atoms with Gasteiger partial charge in [-0.15, -0.1) is 0 Å². The molecule has 11 heteroatoms. The van der Waals surface area contributed by atoms with Gasteiger partial charge in [0.05, 0.1) is 12.9 Å². The molecule has 0 radical (unpaired) electrons. The smallest absolute Gasteiger partial charge is 0.408 e. The van der Waals surface area contributed by atoms with Crippen LogP contribution >= 0.6 is 11.8 Å². The molecule has 1 amide bonds. The summed E-state index contributed by atoms with van der Waals surface area (Å²) in [5.74, 6) is -1.21. The highest BCUT2D eigenvalue weighted by atomic mass is 32.2. The monoisotopic (exact) mass is 464 g/mol. The number of fused-ring (bicyclic) bond motifs is 1. The number of aromatic nitrogens is 4. The van der Waals surface area contributed by atoms with E-state index in [2.05, 4.69) is 20.3 Å². The fraction of sp³-hybridized carbons (Fsp3) is 0.136. The molecule has 0 spiro atoms. The number of alkyl carbamates (subject to hydrolysis) is 1. The highest BCUT2D eigenvalue weighted by Gasteiger charge is 2.23. The number of nitrogens with zero attached hydrogens (tertiary/aromatic N) is 4. The van der Waals surface area contributed by atoms with E-state index in [1.807, 2.05) is 36.4 Å². The summed E-state index contributed by atoms with van der Waals surface area (Å²) in [4.78, 5) is 37.7. The van der Waals surface area contributed by atoms with Crippen molar-refractivity contribution in [1.29, 1.82) is 0 Å². The van der Waals surface area contributed by atoms with Crippen LogP contribution in [0.25, 0.3) is 11.2 Å². The molecule has 2 aromatic heterocycles. The number of nitrogens with one attached hydrogen (secondary N) is 1. The van der Waals surface area contributed by atoms with Crippen LogP contribution in [0.3, 0.4) is 0 Å². The quantitative estimate of drug-likeness (QED) is 0.265. The molecule has 0 saturated carbocycles. The number of amides is 1. The summed E-state index contributed by atoms with van der Waals surface area (Å²) in [6, 6.07) is 15.2. The number of ether oxygens (including phenoxy) is 1. The largest absolute Gasteiger partial charge is 0.480 e. The molecule has 2 heterocycles. The minimum atomic E-state index is -1.24. The molecule has 0 aliphatic heterocycles. The summed E-state index contributed by atoms with van der Waals surface area (Å²) < 4.78 is 6.69. The Labute approximate surface area is 192 Å². The first-order chi connectivity index (χ1) is 16.0. The number of carbonyl (C=O) groups excluding carboxylic acids is 1. The van der Waals surface area contributed by atoms with Gasteiger partial charge in [-0.2, -0.15) is 0 Å². The molecule has 0 unspecified atom stereocenters. The average Bonchev–Trinajstić information content (AvgIpc) is 3.22. The van der Waals surface area contributed by atoms with Crippen LogP contribution in [0.2, 0.25) is 0 Å². The van der Waals surface area contributed by atoms with Crippen LogP contribution in [0.4, 0.5) is 10.5 Å². The van der Waals surface area contributed by atoms with Gasteiger partial charge in [0, 0.05) is 10.6 Å². The lowest BCUT2D eigenvalue weighted by Crippen LogP contribution is -2.43. The number of anilines is 1. The molecule has 33 heavy (non-hydrogen) atoms. The second kappa shape index (κ2) is 10.0. The molecule has 168 valence electrons. The summed E-state index contributed by atoms with van der Waals surface area (Å²) in [6.07, 6.45) is 2.02. The number of nitrogen functional groups attached to an aromatic ring is 1. The SMILES string of the molecule is Nc1cccc(Sc2ncnc3c2ncn3C[C@H](NC(=O)OCc2ccccc2)C(=O)O)c1. The number of carbonyl (C=O) groups is 2. The number of rotatable bonds is 8. The van der Waals surface area contributed by atoms with Gasteiger partial charge in [0.25, 0.3) is 0 Å². The Kier molecular flexibility index (Phi) is 6.69. The molecule has 10 nitrogen and oxygen atoms in total. The van der Waals surface area contributed by atoms with Crippen LogP contribution in [0, 0.1) is 0 Å². The number of carboxylic acids is 1. The topological polar surface area (TPSA) is 145 Å². The van der Waals surface area contributed by atoms with E-state index in [0.717, 1.165) is 10.5 Å². The number of aliphatic carboxylic acids is 1. The first kappa shape index (κ1) is 22.1. The molecule has 1 atom stereocenters. The van der Waals surface area contributed by atoms with Crippen molar-refractivity contribution in [1.82, 2.24) is 24.8 Å². The Bertz CT molecular complexity index is 1280. The second-order valence-corrected chi connectivity index (χ2v) is 8.08. The van der Waals surface area contributed by atoms with Gasteiger partial charge in [-0.05, 0) is 23.8 Å². The van der Waals surface area contributed by atoms with Crippen molar-refractivity contribution in [3.63, 3.8) is 0 Å². The van der Waals surface area contributed by atoms with Crippen LogP contribution in [0.1, 0.15) is 5.56 Å². The molecular weight excluding hydrogens is 444 g/mol. The zero-order chi connectivity index (χ0) is 23.2. The van der Waals surface area contributed by atoms with Crippen molar-refractivity contribution in [2.24, 2.45) is 0 Å². The number of hydrogen-bond acceptors (Lipinski definition) is 8. The van der Waals surface area contributed by atoms with Crippen molar-refractivity contribution in [2.45, 2.75) is 29.1 Å². The Morgan fingerprint density at radius 2 is 1.94 bits per heavy atom. The number of benzene rings is 2. The van der Waals surface area contributed by atoms with Gasteiger partial charge in [-0.1, -0.05) is 48.2 Å². The van der Waals surface area contributed by atoms with Gasteiger partial charge in [0.2, 0.25) is 0 Å². The summed E-state index contributed by atoms with van der Waals surface area (Å²) in [7, 11) is 0. The van der Waals surface area contributed by atoms with E-state index in [1.54, 1.807) is 22.8 Å². The third-order valence-electron chi connectivity index (χ3n) is 4.62. The maximum absolute atomic E-state index is 12.1.